The van der Waals surface area contributed by atoms with Gasteiger partial charge in [0.2, 0.25) is 0 Å². The molecule has 1 heterocycles. The molecule has 0 saturated heterocycles. The molecule has 1 amide bonds. The van der Waals surface area contributed by atoms with Gasteiger partial charge in [0.15, 0.2) is 0 Å². The van der Waals surface area contributed by atoms with Gasteiger partial charge in [0, 0.05) is 12.2 Å². The highest BCUT2D eigenvalue weighted by Gasteiger charge is 2.19. The van der Waals surface area contributed by atoms with Crippen LogP contribution in [0, 0.1) is 6.92 Å². The number of rotatable bonds is 4. The molecule has 5 nitrogen and oxygen atoms in total. The van der Waals surface area contributed by atoms with Gasteiger partial charge in [-0.3, -0.25) is 9.48 Å². The van der Waals surface area contributed by atoms with E-state index in [4.69, 9.17) is 5.73 Å². The van der Waals surface area contributed by atoms with Gasteiger partial charge in [-0.15, -0.1) is 0 Å². The Morgan fingerprint density at radius 3 is 2.76 bits per heavy atom. The highest BCUT2D eigenvalue weighted by molar-refractivity contribution is 6.06. The van der Waals surface area contributed by atoms with Crippen molar-refractivity contribution in [1.82, 2.24) is 9.78 Å². The van der Waals surface area contributed by atoms with Crippen LogP contribution in [0.4, 0.5) is 11.4 Å². The van der Waals surface area contributed by atoms with E-state index in [9.17, 15) is 4.79 Å². The largest absolute Gasteiger partial charge is 0.395 e. The molecular weight excluding hydrogens is 264 g/mol. The summed E-state index contributed by atoms with van der Waals surface area (Å²) in [4.78, 5) is 12.5. The number of nitrogen functional groups attached to an aromatic ring is 1. The predicted octanol–water partition coefficient (Wildman–Crippen LogP) is 3.17. The molecule has 2 rings (SSSR count). The van der Waals surface area contributed by atoms with E-state index in [0.29, 0.717) is 29.5 Å². The minimum Gasteiger partial charge on any atom is -0.395 e. The fraction of sp³-hybridized carbons (Fsp3) is 0.375. The van der Waals surface area contributed by atoms with Crippen molar-refractivity contribution in [2.45, 2.75) is 40.2 Å². The molecule has 5 heteroatoms. The van der Waals surface area contributed by atoms with E-state index in [-0.39, 0.29) is 5.91 Å². The number of carbonyl (C=O) groups is 1. The molecule has 0 unspecified atom stereocenters. The molecule has 0 aliphatic heterocycles. The number of anilines is 2. The van der Waals surface area contributed by atoms with Crippen LogP contribution < -0.4 is 11.1 Å². The molecule has 1 aromatic heterocycles. The molecule has 21 heavy (non-hydrogen) atoms. The summed E-state index contributed by atoms with van der Waals surface area (Å²) in [5.41, 5.74) is 9.46. The second kappa shape index (κ2) is 5.99. The molecule has 0 fully saturated rings. The van der Waals surface area contributed by atoms with Gasteiger partial charge in [-0.05, 0) is 37.5 Å². The maximum absolute atomic E-state index is 12.5. The van der Waals surface area contributed by atoms with Crippen LogP contribution in [0.3, 0.4) is 0 Å². The van der Waals surface area contributed by atoms with Crippen molar-refractivity contribution in [3.05, 3.63) is 41.2 Å². The number of amides is 1. The Balaban J connectivity index is 2.28. The maximum Gasteiger partial charge on any atom is 0.276 e. The summed E-state index contributed by atoms with van der Waals surface area (Å²) < 4.78 is 1.63. The van der Waals surface area contributed by atoms with Crippen LogP contribution in [0.1, 0.15) is 48.4 Å². The number of aromatic nitrogens is 2. The van der Waals surface area contributed by atoms with E-state index >= 15 is 0 Å². The van der Waals surface area contributed by atoms with Crippen LogP contribution in [0.2, 0.25) is 0 Å². The second-order valence-corrected chi connectivity index (χ2v) is 5.40. The Kier molecular flexibility index (Phi) is 4.31. The molecule has 0 aliphatic carbocycles. The molecule has 0 spiro atoms. The zero-order valence-corrected chi connectivity index (χ0v) is 13.0. The Morgan fingerprint density at radius 1 is 1.43 bits per heavy atom. The van der Waals surface area contributed by atoms with Crippen LogP contribution in [0.25, 0.3) is 0 Å². The van der Waals surface area contributed by atoms with Crippen LogP contribution in [-0.4, -0.2) is 15.7 Å². The van der Waals surface area contributed by atoms with Gasteiger partial charge in [-0.25, -0.2) is 0 Å². The SMILES string of the molecule is CCn1nc(C)c(N)c1C(=O)Nc1cccc(C(C)C)c1. The molecule has 3 N–H and O–H groups in total. The number of carbonyl (C=O) groups excluding carboxylic acids is 1. The van der Waals surface area contributed by atoms with E-state index in [1.54, 1.807) is 11.6 Å². The molecule has 1 aromatic carbocycles. The Morgan fingerprint density at radius 2 is 2.14 bits per heavy atom. The Labute approximate surface area is 125 Å². The monoisotopic (exact) mass is 286 g/mol. The summed E-state index contributed by atoms with van der Waals surface area (Å²) >= 11 is 0. The quantitative estimate of drug-likeness (QED) is 0.906. The fourth-order valence-electron chi connectivity index (χ4n) is 2.23. The number of hydrogen-bond donors (Lipinski definition) is 2. The third-order valence-electron chi connectivity index (χ3n) is 3.50. The fourth-order valence-corrected chi connectivity index (χ4v) is 2.23. The topological polar surface area (TPSA) is 72.9 Å². The molecule has 2 aromatic rings. The van der Waals surface area contributed by atoms with E-state index in [1.165, 1.54) is 5.56 Å². The first-order chi connectivity index (χ1) is 9.93. The zero-order valence-electron chi connectivity index (χ0n) is 13.0. The normalized spacial score (nSPS) is 10.9. The summed E-state index contributed by atoms with van der Waals surface area (Å²) in [5, 5.41) is 7.17. The van der Waals surface area contributed by atoms with E-state index in [1.807, 2.05) is 25.1 Å². The van der Waals surface area contributed by atoms with Gasteiger partial charge in [0.25, 0.3) is 5.91 Å². The summed E-state index contributed by atoms with van der Waals surface area (Å²) in [7, 11) is 0. The smallest absolute Gasteiger partial charge is 0.276 e. The van der Waals surface area contributed by atoms with Crippen LogP contribution in [-0.2, 0) is 6.54 Å². The Hall–Kier alpha value is -2.30. The van der Waals surface area contributed by atoms with Crippen LogP contribution in [0.5, 0.6) is 0 Å². The highest BCUT2D eigenvalue weighted by Crippen LogP contribution is 2.21. The highest BCUT2D eigenvalue weighted by atomic mass is 16.2. The van der Waals surface area contributed by atoms with Crippen LogP contribution >= 0.6 is 0 Å². The lowest BCUT2D eigenvalue weighted by atomic mass is 10.0. The minimum absolute atomic E-state index is 0.226. The molecule has 0 bridgehead atoms. The van der Waals surface area contributed by atoms with Crippen molar-refractivity contribution in [2.24, 2.45) is 0 Å². The van der Waals surface area contributed by atoms with Crippen molar-refractivity contribution in [3.8, 4) is 0 Å². The first kappa shape index (κ1) is 15.1. The van der Waals surface area contributed by atoms with Gasteiger partial charge in [0.1, 0.15) is 5.69 Å². The van der Waals surface area contributed by atoms with E-state index < -0.39 is 0 Å². The summed E-state index contributed by atoms with van der Waals surface area (Å²) in [6.07, 6.45) is 0. The van der Waals surface area contributed by atoms with Crippen molar-refractivity contribution < 1.29 is 4.79 Å². The summed E-state index contributed by atoms with van der Waals surface area (Å²) in [6.45, 7) is 8.58. The van der Waals surface area contributed by atoms with Crippen LogP contribution in [0.15, 0.2) is 24.3 Å². The third kappa shape index (κ3) is 3.07. The van der Waals surface area contributed by atoms with E-state index in [2.05, 4.69) is 30.3 Å². The first-order valence-electron chi connectivity index (χ1n) is 7.18. The third-order valence-corrected chi connectivity index (χ3v) is 3.50. The maximum atomic E-state index is 12.5. The summed E-state index contributed by atoms with van der Waals surface area (Å²) in [6, 6.07) is 7.85. The summed E-state index contributed by atoms with van der Waals surface area (Å²) in [5.74, 6) is 0.186. The minimum atomic E-state index is -0.226. The van der Waals surface area contributed by atoms with Gasteiger partial charge in [-0.2, -0.15) is 5.10 Å². The average molecular weight is 286 g/mol. The average Bonchev–Trinajstić information content (AvgIpc) is 2.74. The lowest BCUT2D eigenvalue weighted by Gasteiger charge is -2.10. The molecular formula is C16H22N4O. The standard InChI is InChI=1S/C16H22N4O/c1-5-20-15(14(17)11(4)19-20)16(21)18-13-8-6-7-12(9-13)10(2)3/h6-10H,5,17H2,1-4H3,(H,18,21). The molecule has 0 aliphatic rings. The van der Waals surface area contributed by atoms with Gasteiger partial charge in [0.05, 0.1) is 11.4 Å². The number of nitrogens with zero attached hydrogens (tertiary/aromatic N) is 2. The van der Waals surface area contributed by atoms with Crippen molar-refractivity contribution in [1.29, 1.82) is 0 Å². The number of hydrogen-bond acceptors (Lipinski definition) is 3. The van der Waals surface area contributed by atoms with Crippen molar-refractivity contribution >= 4 is 17.3 Å². The first-order valence-corrected chi connectivity index (χ1v) is 7.18. The zero-order chi connectivity index (χ0) is 15.6. The molecule has 0 radical (unpaired) electrons. The Bertz CT molecular complexity index is 658. The molecule has 0 saturated carbocycles. The van der Waals surface area contributed by atoms with Crippen molar-refractivity contribution in [3.63, 3.8) is 0 Å². The second-order valence-electron chi connectivity index (χ2n) is 5.40. The molecule has 112 valence electrons. The predicted molar refractivity (Wildman–Crippen MR) is 85.5 cm³/mol. The van der Waals surface area contributed by atoms with Gasteiger partial charge in [-0.1, -0.05) is 26.0 Å². The number of aryl methyl sites for hydroxylation is 2. The number of nitrogens with two attached hydrogens (primary N) is 1. The lowest BCUT2D eigenvalue weighted by molar-refractivity contribution is 0.101. The lowest BCUT2D eigenvalue weighted by Crippen LogP contribution is -2.19. The van der Waals surface area contributed by atoms with E-state index in [0.717, 1.165) is 5.69 Å². The van der Waals surface area contributed by atoms with Gasteiger partial charge < -0.3 is 11.1 Å². The van der Waals surface area contributed by atoms with Crippen molar-refractivity contribution in [2.75, 3.05) is 11.1 Å². The van der Waals surface area contributed by atoms with Gasteiger partial charge >= 0.3 is 0 Å². The number of benzene rings is 1. The number of nitrogens with one attached hydrogen (secondary N) is 1. The molecule has 0 atom stereocenters.